The number of pyridine rings is 1. The molecule has 0 spiro atoms. The van der Waals surface area contributed by atoms with Crippen LogP contribution in [0.2, 0.25) is 10.0 Å². The number of rotatable bonds is 5. The largest absolute Gasteiger partial charge is 0.479 e. The van der Waals surface area contributed by atoms with Crippen LogP contribution >= 0.6 is 23.2 Å². The van der Waals surface area contributed by atoms with Crippen LogP contribution in [-0.2, 0) is 11.3 Å². The molecule has 4 nitrogen and oxygen atoms in total. The maximum absolute atomic E-state index is 12.5. The van der Waals surface area contributed by atoms with Gasteiger partial charge in [-0.2, -0.15) is 0 Å². The van der Waals surface area contributed by atoms with Crippen molar-refractivity contribution < 1.29 is 9.53 Å². The summed E-state index contributed by atoms with van der Waals surface area (Å²) in [5, 5.41) is 0.697. The third-order valence-electron chi connectivity index (χ3n) is 3.50. The lowest BCUT2D eigenvalue weighted by Gasteiger charge is -2.23. The van der Waals surface area contributed by atoms with Gasteiger partial charge in [-0.15, -0.1) is 0 Å². The van der Waals surface area contributed by atoms with Crippen LogP contribution in [0.5, 0.6) is 5.75 Å². The highest BCUT2D eigenvalue weighted by Crippen LogP contribution is 2.32. The number of benzene rings is 1. The first-order valence-electron chi connectivity index (χ1n) is 7.15. The minimum Gasteiger partial charge on any atom is -0.479 e. The summed E-state index contributed by atoms with van der Waals surface area (Å²) < 4.78 is 5.65. The second-order valence-electron chi connectivity index (χ2n) is 5.31. The van der Waals surface area contributed by atoms with Crippen molar-refractivity contribution in [1.29, 1.82) is 0 Å². The Hall–Kier alpha value is -1.78. The molecule has 0 fully saturated rings. The number of hydrogen-bond acceptors (Lipinski definition) is 3. The molecule has 1 aromatic heterocycles. The third-order valence-corrected chi connectivity index (χ3v) is 4.30. The van der Waals surface area contributed by atoms with E-state index in [9.17, 15) is 4.79 Å². The van der Waals surface area contributed by atoms with E-state index < -0.39 is 6.10 Å². The Kier molecular flexibility index (Phi) is 5.85. The molecule has 1 heterocycles. The average Bonchev–Trinajstić information content (AvgIpc) is 2.53. The number of aromatic nitrogens is 1. The molecule has 0 aliphatic heterocycles. The van der Waals surface area contributed by atoms with Crippen LogP contribution in [-0.4, -0.2) is 28.9 Å². The molecule has 1 amide bonds. The van der Waals surface area contributed by atoms with Gasteiger partial charge in [0.25, 0.3) is 5.91 Å². The van der Waals surface area contributed by atoms with Gasteiger partial charge in [0.05, 0.1) is 5.02 Å². The fraction of sp³-hybridized carbons (Fsp3) is 0.294. The standard InChI is InChI=1S/C17H18Cl2N2O2/c1-11-7-8-20-9-13(11)10-21(3)17(22)12(2)23-15-6-4-5-14(18)16(15)19/h4-9,12H,10H2,1-3H3/t12-/m1/s1. The van der Waals surface area contributed by atoms with Crippen molar-refractivity contribution in [2.45, 2.75) is 26.5 Å². The van der Waals surface area contributed by atoms with E-state index in [1.165, 1.54) is 0 Å². The lowest BCUT2D eigenvalue weighted by molar-refractivity contribution is -0.137. The summed E-state index contributed by atoms with van der Waals surface area (Å²) >= 11 is 12.0. The van der Waals surface area contributed by atoms with E-state index in [0.29, 0.717) is 22.3 Å². The van der Waals surface area contributed by atoms with Crippen LogP contribution < -0.4 is 4.74 Å². The zero-order valence-corrected chi connectivity index (χ0v) is 14.7. The molecule has 0 saturated carbocycles. The Morgan fingerprint density at radius 1 is 1.35 bits per heavy atom. The summed E-state index contributed by atoms with van der Waals surface area (Å²) in [4.78, 5) is 18.2. The molecule has 0 radical (unpaired) electrons. The van der Waals surface area contributed by atoms with Crippen molar-refractivity contribution in [3.8, 4) is 5.75 Å². The van der Waals surface area contributed by atoms with E-state index >= 15 is 0 Å². The average molecular weight is 353 g/mol. The normalized spacial score (nSPS) is 11.9. The van der Waals surface area contributed by atoms with Crippen molar-refractivity contribution in [1.82, 2.24) is 9.88 Å². The molecule has 1 atom stereocenters. The Morgan fingerprint density at radius 2 is 2.09 bits per heavy atom. The number of nitrogens with zero attached hydrogens (tertiary/aromatic N) is 2. The molecule has 0 unspecified atom stereocenters. The number of amides is 1. The molecular weight excluding hydrogens is 335 g/mol. The monoisotopic (exact) mass is 352 g/mol. The SMILES string of the molecule is Cc1ccncc1CN(C)C(=O)[C@@H](C)Oc1cccc(Cl)c1Cl. The van der Waals surface area contributed by atoms with Crippen molar-refractivity contribution >= 4 is 29.1 Å². The van der Waals surface area contributed by atoms with E-state index in [-0.39, 0.29) is 5.91 Å². The van der Waals surface area contributed by atoms with E-state index in [0.717, 1.165) is 11.1 Å². The summed E-state index contributed by atoms with van der Waals surface area (Å²) in [6.45, 7) is 4.14. The Balaban J connectivity index is 2.04. The van der Waals surface area contributed by atoms with Gasteiger partial charge in [0, 0.05) is 26.0 Å². The van der Waals surface area contributed by atoms with Gasteiger partial charge in [-0.05, 0) is 43.2 Å². The molecule has 2 rings (SSSR count). The number of carbonyl (C=O) groups is 1. The van der Waals surface area contributed by atoms with Gasteiger partial charge in [0.2, 0.25) is 0 Å². The summed E-state index contributed by atoms with van der Waals surface area (Å²) in [6.07, 6.45) is 2.82. The molecule has 6 heteroatoms. The predicted molar refractivity (Wildman–Crippen MR) is 92.0 cm³/mol. The fourth-order valence-corrected chi connectivity index (χ4v) is 2.46. The highest BCUT2D eigenvalue weighted by atomic mass is 35.5. The minimum atomic E-state index is -0.673. The molecule has 0 saturated heterocycles. The van der Waals surface area contributed by atoms with E-state index in [1.807, 2.05) is 13.0 Å². The van der Waals surface area contributed by atoms with E-state index in [2.05, 4.69) is 4.98 Å². The summed E-state index contributed by atoms with van der Waals surface area (Å²) in [7, 11) is 1.73. The van der Waals surface area contributed by atoms with Crippen molar-refractivity contribution in [2.24, 2.45) is 0 Å². The topological polar surface area (TPSA) is 42.4 Å². The van der Waals surface area contributed by atoms with Gasteiger partial charge in [0.1, 0.15) is 10.8 Å². The molecule has 0 aliphatic rings. The maximum atomic E-state index is 12.5. The van der Waals surface area contributed by atoms with Crippen LogP contribution in [0.15, 0.2) is 36.7 Å². The Labute approximate surface area is 146 Å². The zero-order valence-electron chi connectivity index (χ0n) is 13.2. The molecule has 0 N–H and O–H groups in total. The quantitative estimate of drug-likeness (QED) is 0.812. The van der Waals surface area contributed by atoms with Crippen LogP contribution in [0.4, 0.5) is 0 Å². The number of likely N-dealkylation sites (N-methyl/N-ethyl adjacent to an activating group) is 1. The highest BCUT2D eigenvalue weighted by molar-refractivity contribution is 6.42. The molecular formula is C17H18Cl2N2O2. The van der Waals surface area contributed by atoms with Gasteiger partial charge in [-0.25, -0.2) is 0 Å². The number of hydrogen-bond donors (Lipinski definition) is 0. The lowest BCUT2D eigenvalue weighted by atomic mass is 10.1. The van der Waals surface area contributed by atoms with Crippen molar-refractivity contribution in [3.05, 3.63) is 57.8 Å². The first kappa shape index (κ1) is 17.6. The van der Waals surface area contributed by atoms with Crippen LogP contribution in [0.1, 0.15) is 18.1 Å². The predicted octanol–water partition coefficient (Wildman–Crippen LogP) is 4.12. The summed E-state index contributed by atoms with van der Waals surface area (Å²) in [5.74, 6) is 0.246. The van der Waals surface area contributed by atoms with E-state index in [4.69, 9.17) is 27.9 Å². The lowest BCUT2D eigenvalue weighted by Crippen LogP contribution is -2.37. The molecule has 23 heavy (non-hydrogen) atoms. The molecule has 2 aromatic rings. The first-order chi connectivity index (χ1) is 10.9. The highest BCUT2D eigenvalue weighted by Gasteiger charge is 2.21. The first-order valence-corrected chi connectivity index (χ1v) is 7.91. The zero-order chi connectivity index (χ0) is 17.0. The second-order valence-corrected chi connectivity index (χ2v) is 6.09. The van der Waals surface area contributed by atoms with Crippen LogP contribution in [0.25, 0.3) is 0 Å². The second kappa shape index (κ2) is 7.66. The van der Waals surface area contributed by atoms with Gasteiger partial charge in [-0.1, -0.05) is 29.3 Å². The van der Waals surface area contributed by atoms with Crippen molar-refractivity contribution in [2.75, 3.05) is 7.05 Å². The van der Waals surface area contributed by atoms with Gasteiger partial charge < -0.3 is 9.64 Å². The molecule has 0 aliphatic carbocycles. The number of halogens is 2. The maximum Gasteiger partial charge on any atom is 0.263 e. The molecule has 0 bridgehead atoms. The van der Waals surface area contributed by atoms with E-state index in [1.54, 1.807) is 49.5 Å². The molecule has 1 aromatic carbocycles. The van der Waals surface area contributed by atoms with Crippen molar-refractivity contribution in [3.63, 3.8) is 0 Å². The molecule has 122 valence electrons. The summed E-state index contributed by atoms with van der Waals surface area (Å²) in [6, 6.07) is 6.99. The number of aryl methyl sites for hydroxylation is 1. The van der Waals surface area contributed by atoms with Gasteiger partial charge in [-0.3, -0.25) is 9.78 Å². The Morgan fingerprint density at radius 3 is 2.78 bits per heavy atom. The fourth-order valence-electron chi connectivity index (χ4n) is 2.12. The minimum absolute atomic E-state index is 0.149. The smallest absolute Gasteiger partial charge is 0.263 e. The number of ether oxygens (including phenoxy) is 1. The Bertz CT molecular complexity index is 707. The number of carbonyl (C=O) groups excluding carboxylic acids is 1. The van der Waals surface area contributed by atoms with Gasteiger partial charge >= 0.3 is 0 Å². The van der Waals surface area contributed by atoms with Crippen LogP contribution in [0, 0.1) is 6.92 Å². The van der Waals surface area contributed by atoms with Gasteiger partial charge in [0.15, 0.2) is 6.10 Å². The van der Waals surface area contributed by atoms with Crippen LogP contribution in [0.3, 0.4) is 0 Å². The third kappa shape index (κ3) is 4.36. The summed E-state index contributed by atoms with van der Waals surface area (Å²) in [5.41, 5.74) is 2.09.